The zero-order chi connectivity index (χ0) is 16.9. The summed E-state index contributed by atoms with van der Waals surface area (Å²) in [6.45, 7) is 1.09. The van der Waals surface area contributed by atoms with E-state index in [1.807, 2.05) is 0 Å². The normalized spacial score (nSPS) is 17.3. The SMILES string of the molecule is NC(=O)c1cc(OC2CCN(C(=O)C=Cc3ccco3)C2)ccn1. The number of carbonyl (C=O) groups excluding carboxylic acids is 2. The number of carbonyl (C=O) groups is 2. The fourth-order valence-corrected chi connectivity index (χ4v) is 2.48. The highest BCUT2D eigenvalue weighted by Gasteiger charge is 2.26. The highest BCUT2D eigenvalue weighted by atomic mass is 16.5. The average Bonchev–Trinajstić information content (AvgIpc) is 3.24. The second-order valence-electron chi connectivity index (χ2n) is 5.40. The zero-order valence-corrected chi connectivity index (χ0v) is 12.9. The molecular formula is C17H17N3O4. The Labute approximate surface area is 138 Å². The van der Waals surface area contributed by atoms with Crippen molar-refractivity contribution in [3.8, 4) is 5.75 Å². The molecule has 24 heavy (non-hydrogen) atoms. The van der Waals surface area contributed by atoms with Gasteiger partial charge in [0.25, 0.3) is 5.91 Å². The lowest BCUT2D eigenvalue weighted by Gasteiger charge is -2.16. The number of nitrogens with two attached hydrogens (primary N) is 1. The zero-order valence-electron chi connectivity index (χ0n) is 12.9. The third kappa shape index (κ3) is 3.81. The van der Waals surface area contributed by atoms with Crippen LogP contribution in [0.5, 0.6) is 5.75 Å². The van der Waals surface area contributed by atoms with Gasteiger partial charge in [-0.05, 0) is 24.3 Å². The summed E-state index contributed by atoms with van der Waals surface area (Å²) in [5.41, 5.74) is 5.35. The van der Waals surface area contributed by atoms with Gasteiger partial charge in [0.15, 0.2) is 0 Å². The van der Waals surface area contributed by atoms with Gasteiger partial charge in [-0.2, -0.15) is 0 Å². The van der Waals surface area contributed by atoms with Crippen molar-refractivity contribution < 1.29 is 18.7 Å². The van der Waals surface area contributed by atoms with E-state index in [9.17, 15) is 9.59 Å². The van der Waals surface area contributed by atoms with Gasteiger partial charge in [-0.1, -0.05) is 0 Å². The predicted molar refractivity (Wildman–Crippen MR) is 86.1 cm³/mol. The Morgan fingerprint density at radius 3 is 3.04 bits per heavy atom. The first kappa shape index (κ1) is 15.8. The molecule has 3 rings (SSSR count). The minimum atomic E-state index is -0.605. The molecule has 7 heteroatoms. The van der Waals surface area contributed by atoms with Crippen LogP contribution >= 0.6 is 0 Å². The van der Waals surface area contributed by atoms with Gasteiger partial charge in [-0.15, -0.1) is 0 Å². The topological polar surface area (TPSA) is 98.7 Å². The Hall–Kier alpha value is -3.09. The van der Waals surface area contributed by atoms with Gasteiger partial charge < -0.3 is 19.8 Å². The molecule has 0 saturated carbocycles. The summed E-state index contributed by atoms with van der Waals surface area (Å²) in [4.78, 5) is 28.9. The molecule has 0 aromatic carbocycles. The van der Waals surface area contributed by atoms with Crippen molar-refractivity contribution in [2.24, 2.45) is 5.73 Å². The molecular weight excluding hydrogens is 310 g/mol. The minimum Gasteiger partial charge on any atom is -0.488 e. The Bertz CT molecular complexity index is 755. The molecule has 1 fully saturated rings. The van der Waals surface area contributed by atoms with Crippen LogP contribution in [0.4, 0.5) is 0 Å². The molecule has 1 aliphatic rings. The quantitative estimate of drug-likeness (QED) is 0.838. The Morgan fingerprint density at radius 2 is 2.29 bits per heavy atom. The van der Waals surface area contributed by atoms with Gasteiger partial charge >= 0.3 is 0 Å². The third-order valence-electron chi connectivity index (χ3n) is 3.68. The molecule has 2 amide bonds. The van der Waals surface area contributed by atoms with Crippen molar-refractivity contribution in [1.82, 2.24) is 9.88 Å². The lowest BCUT2D eigenvalue weighted by atomic mass is 10.3. The van der Waals surface area contributed by atoms with Gasteiger partial charge in [0, 0.05) is 31.3 Å². The summed E-state index contributed by atoms with van der Waals surface area (Å²) < 4.78 is 11.0. The van der Waals surface area contributed by atoms with Crippen LogP contribution in [-0.2, 0) is 4.79 Å². The molecule has 1 atom stereocenters. The molecule has 1 saturated heterocycles. The average molecular weight is 327 g/mol. The van der Waals surface area contributed by atoms with Gasteiger partial charge in [-0.3, -0.25) is 14.6 Å². The molecule has 7 nitrogen and oxygen atoms in total. The predicted octanol–water partition coefficient (Wildman–Crippen LogP) is 1.47. The van der Waals surface area contributed by atoms with E-state index >= 15 is 0 Å². The number of amides is 2. The van der Waals surface area contributed by atoms with Crippen LogP contribution in [0.15, 0.2) is 47.2 Å². The Balaban J connectivity index is 1.56. The molecule has 2 N–H and O–H groups in total. The van der Waals surface area contributed by atoms with E-state index in [0.717, 1.165) is 0 Å². The summed E-state index contributed by atoms with van der Waals surface area (Å²) in [5.74, 6) is 0.451. The lowest BCUT2D eigenvalue weighted by Crippen LogP contribution is -2.29. The first-order valence-electron chi connectivity index (χ1n) is 7.55. The Kier molecular flexibility index (Phi) is 4.60. The van der Waals surface area contributed by atoms with Crippen molar-refractivity contribution in [2.45, 2.75) is 12.5 Å². The summed E-state index contributed by atoms with van der Waals surface area (Å²) in [6, 6.07) is 6.70. The van der Waals surface area contributed by atoms with Crippen LogP contribution in [0.25, 0.3) is 6.08 Å². The van der Waals surface area contributed by atoms with Crippen molar-refractivity contribution in [3.05, 3.63) is 54.3 Å². The van der Waals surface area contributed by atoms with Crippen LogP contribution < -0.4 is 10.5 Å². The van der Waals surface area contributed by atoms with Crippen molar-refractivity contribution in [1.29, 1.82) is 0 Å². The largest absolute Gasteiger partial charge is 0.488 e. The van der Waals surface area contributed by atoms with E-state index in [1.165, 1.54) is 18.3 Å². The first-order chi connectivity index (χ1) is 11.6. The number of aromatic nitrogens is 1. The number of pyridine rings is 1. The summed E-state index contributed by atoms with van der Waals surface area (Å²) in [6.07, 6.45) is 6.73. The minimum absolute atomic E-state index is 0.0925. The molecule has 2 aromatic rings. The maximum Gasteiger partial charge on any atom is 0.267 e. The van der Waals surface area contributed by atoms with Crippen LogP contribution in [0.1, 0.15) is 22.7 Å². The fraction of sp³-hybridized carbons (Fsp3) is 0.235. The molecule has 2 aromatic heterocycles. The van der Waals surface area contributed by atoms with Gasteiger partial charge in [0.05, 0.1) is 12.8 Å². The van der Waals surface area contributed by atoms with Gasteiger partial charge in [-0.25, -0.2) is 0 Å². The number of ether oxygens (including phenoxy) is 1. The van der Waals surface area contributed by atoms with Crippen molar-refractivity contribution in [3.63, 3.8) is 0 Å². The molecule has 0 bridgehead atoms. The number of nitrogens with zero attached hydrogens (tertiary/aromatic N) is 2. The number of likely N-dealkylation sites (tertiary alicyclic amines) is 1. The molecule has 1 aliphatic heterocycles. The second-order valence-corrected chi connectivity index (χ2v) is 5.40. The number of hydrogen-bond donors (Lipinski definition) is 1. The van der Waals surface area contributed by atoms with Gasteiger partial charge in [0.2, 0.25) is 5.91 Å². The van der Waals surface area contributed by atoms with Gasteiger partial charge in [0.1, 0.15) is 23.3 Å². The number of furan rings is 1. The molecule has 0 radical (unpaired) electrons. The third-order valence-corrected chi connectivity index (χ3v) is 3.68. The standard InChI is InChI=1S/C17H17N3O4/c18-17(22)15-10-13(5-7-19-15)24-14-6-8-20(11-14)16(21)4-3-12-2-1-9-23-12/h1-5,7,9-10,14H,6,8,11H2,(H2,18,22). The maximum atomic E-state index is 12.2. The van der Waals surface area contributed by atoms with E-state index < -0.39 is 5.91 Å². The number of primary amides is 1. The lowest BCUT2D eigenvalue weighted by molar-refractivity contribution is -0.125. The molecule has 0 spiro atoms. The smallest absolute Gasteiger partial charge is 0.267 e. The Morgan fingerprint density at radius 1 is 1.42 bits per heavy atom. The van der Waals surface area contributed by atoms with Crippen LogP contribution in [0.3, 0.4) is 0 Å². The summed E-state index contributed by atoms with van der Waals surface area (Å²) in [5, 5.41) is 0. The maximum absolute atomic E-state index is 12.2. The molecule has 3 heterocycles. The van der Waals surface area contributed by atoms with E-state index in [0.29, 0.717) is 31.0 Å². The van der Waals surface area contributed by atoms with Crippen LogP contribution in [0, 0.1) is 0 Å². The first-order valence-corrected chi connectivity index (χ1v) is 7.55. The van der Waals surface area contributed by atoms with Crippen LogP contribution in [0.2, 0.25) is 0 Å². The summed E-state index contributed by atoms with van der Waals surface area (Å²) in [7, 11) is 0. The fourth-order valence-electron chi connectivity index (χ4n) is 2.48. The highest BCUT2D eigenvalue weighted by molar-refractivity contribution is 5.92. The second kappa shape index (κ2) is 6.99. The molecule has 124 valence electrons. The van der Waals surface area contributed by atoms with E-state index in [4.69, 9.17) is 14.9 Å². The number of hydrogen-bond acceptors (Lipinski definition) is 5. The number of rotatable bonds is 5. The van der Waals surface area contributed by atoms with E-state index in [1.54, 1.807) is 35.4 Å². The van der Waals surface area contributed by atoms with Crippen molar-refractivity contribution >= 4 is 17.9 Å². The highest BCUT2D eigenvalue weighted by Crippen LogP contribution is 2.19. The van der Waals surface area contributed by atoms with E-state index in [2.05, 4.69) is 4.98 Å². The van der Waals surface area contributed by atoms with Crippen molar-refractivity contribution in [2.75, 3.05) is 13.1 Å². The molecule has 0 aliphatic carbocycles. The van der Waals surface area contributed by atoms with E-state index in [-0.39, 0.29) is 17.7 Å². The van der Waals surface area contributed by atoms with Crippen LogP contribution in [-0.4, -0.2) is 40.9 Å². The molecule has 1 unspecified atom stereocenters. The monoisotopic (exact) mass is 327 g/mol. The summed E-state index contributed by atoms with van der Waals surface area (Å²) >= 11 is 0.